The van der Waals surface area contributed by atoms with E-state index in [-0.39, 0.29) is 23.6 Å². The highest BCUT2D eigenvalue weighted by Crippen LogP contribution is 2.24. The standard InChI is InChI=1S/C15H24N2O2/c1-5-17(15(19)11(2)10-16-4)12(3)13-7-6-8-14(18)9-13/h6-9,11-12,16,18H,5,10H2,1-4H3. The average molecular weight is 264 g/mol. The third kappa shape index (κ3) is 3.96. The second kappa shape index (κ2) is 7.14. The summed E-state index contributed by atoms with van der Waals surface area (Å²) in [4.78, 5) is 14.2. The first-order valence-corrected chi connectivity index (χ1v) is 6.75. The van der Waals surface area contributed by atoms with Crippen LogP contribution >= 0.6 is 0 Å². The molecule has 1 aromatic carbocycles. The number of nitrogens with zero attached hydrogens (tertiary/aromatic N) is 1. The van der Waals surface area contributed by atoms with Crippen molar-refractivity contribution in [1.29, 1.82) is 0 Å². The zero-order chi connectivity index (χ0) is 14.4. The van der Waals surface area contributed by atoms with Crippen molar-refractivity contribution in [3.05, 3.63) is 29.8 Å². The van der Waals surface area contributed by atoms with Gasteiger partial charge in [0.15, 0.2) is 0 Å². The maximum absolute atomic E-state index is 12.4. The molecule has 0 saturated heterocycles. The van der Waals surface area contributed by atoms with Gasteiger partial charge in [-0.2, -0.15) is 0 Å². The number of phenols is 1. The van der Waals surface area contributed by atoms with E-state index in [9.17, 15) is 9.90 Å². The van der Waals surface area contributed by atoms with Crippen molar-refractivity contribution in [2.75, 3.05) is 20.1 Å². The lowest BCUT2D eigenvalue weighted by molar-refractivity contribution is -0.136. The fourth-order valence-corrected chi connectivity index (χ4v) is 2.26. The molecule has 0 aliphatic rings. The molecule has 0 fully saturated rings. The van der Waals surface area contributed by atoms with E-state index in [0.717, 1.165) is 5.56 Å². The highest BCUT2D eigenvalue weighted by molar-refractivity contribution is 5.79. The number of amides is 1. The number of benzene rings is 1. The van der Waals surface area contributed by atoms with Crippen LogP contribution in [0.4, 0.5) is 0 Å². The van der Waals surface area contributed by atoms with Crippen molar-refractivity contribution in [3.63, 3.8) is 0 Å². The SMILES string of the molecule is CCN(C(=O)C(C)CNC)C(C)c1cccc(O)c1. The van der Waals surface area contributed by atoms with Crippen LogP contribution in [0.3, 0.4) is 0 Å². The number of carbonyl (C=O) groups excluding carboxylic acids is 1. The summed E-state index contributed by atoms with van der Waals surface area (Å²) in [5.74, 6) is 0.313. The molecule has 0 radical (unpaired) electrons. The molecule has 0 aromatic heterocycles. The number of rotatable bonds is 6. The van der Waals surface area contributed by atoms with Crippen LogP contribution in [0.1, 0.15) is 32.4 Å². The molecule has 2 atom stereocenters. The second-order valence-electron chi connectivity index (χ2n) is 4.85. The van der Waals surface area contributed by atoms with Crippen LogP contribution in [0.5, 0.6) is 5.75 Å². The Morgan fingerprint density at radius 3 is 2.63 bits per heavy atom. The fraction of sp³-hybridized carbons (Fsp3) is 0.533. The summed E-state index contributed by atoms with van der Waals surface area (Å²) in [5.41, 5.74) is 0.951. The van der Waals surface area contributed by atoms with Gasteiger partial charge in [0.2, 0.25) is 5.91 Å². The molecule has 0 aliphatic heterocycles. The van der Waals surface area contributed by atoms with Crippen molar-refractivity contribution < 1.29 is 9.90 Å². The molecule has 0 bridgehead atoms. The summed E-state index contributed by atoms with van der Waals surface area (Å²) >= 11 is 0. The van der Waals surface area contributed by atoms with Crippen LogP contribution in [0.2, 0.25) is 0 Å². The lowest BCUT2D eigenvalue weighted by Gasteiger charge is -2.31. The monoisotopic (exact) mass is 264 g/mol. The van der Waals surface area contributed by atoms with Gasteiger partial charge >= 0.3 is 0 Å². The zero-order valence-corrected chi connectivity index (χ0v) is 12.2. The van der Waals surface area contributed by atoms with Crippen LogP contribution < -0.4 is 5.32 Å². The third-order valence-corrected chi connectivity index (χ3v) is 3.38. The van der Waals surface area contributed by atoms with E-state index < -0.39 is 0 Å². The Kier molecular flexibility index (Phi) is 5.83. The minimum absolute atomic E-state index is 0.0380. The summed E-state index contributed by atoms with van der Waals surface area (Å²) in [6.07, 6.45) is 0. The Morgan fingerprint density at radius 1 is 1.42 bits per heavy atom. The van der Waals surface area contributed by atoms with Crippen LogP contribution in [-0.4, -0.2) is 36.1 Å². The van der Waals surface area contributed by atoms with E-state index in [1.807, 2.05) is 38.8 Å². The number of carbonyl (C=O) groups is 1. The zero-order valence-electron chi connectivity index (χ0n) is 12.2. The predicted octanol–water partition coefficient (Wildman–Crippen LogP) is 2.16. The molecule has 0 spiro atoms. The Hall–Kier alpha value is -1.55. The normalized spacial score (nSPS) is 13.9. The largest absolute Gasteiger partial charge is 0.508 e. The highest BCUT2D eigenvalue weighted by Gasteiger charge is 2.24. The van der Waals surface area contributed by atoms with Gasteiger partial charge in [0, 0.05) is 19.0 Å². The van der Waals surface area contributed by atoms with Crippen molar-refractivity contribution in [2.24, 2.45) is 5.92 Å². The first-order valence-electron chi connectivity index (χ1n) is 6.75. The number of hydrogen-bond acceptors (Lipinski definition) is 3. The van der Waals surface area contributed by atoms with Crippen molar-refractivity contribution >= 4 is 5.91 Å². The first-order chi connectivity index (χ1) is 9.01. The molecular formula is C15H24N2O2. The molecule has 1 rings (SSSR count). The maximum atomic E-state index is 12.4. The molecule has 2 unspecified atom stereocenters. The molecule has 19 heavy (non-hydrogen) atoms. The smallest absolute Gasteiger partial charge is 0.227 e. The summed E-state index contributed by atoms with van der Waals surface area (Å²) in [6.45, 7) is 7.22. The van der Waals surface area contributed by atoms with Crippen molar-refractivity contribution in [3.8, 4) is 5.75 Å². The number of hydrogen-bond donors (Lipinski definition) is 2. The minimum atomic E-state index is -0.0512. The predicted molar refractivity (Wildman–Crippen MR) is 77.0 cm³/mol. The van der Waals surface area contributed by atoms with Gasteiger partial charge < -0.3 is 15.3 Å². The van der Waals surface area contributed by atoms with Gasteiger partial charge in [0.05, 0.1) is 6.04 Å². The van der Waals surface area contributed by atoms with Crippen LogP contribution in [0, 0.1) is 5.92 Å². The van der Waals surface area contributed by atoms with Crippen LogP contribution in [0.15, 0.2) is 24.3 Å². The molecule has 4 nitrogen and oxygen atoms in total. The van der Waals surface area contributed by atoms with E-state index >= 15 is 0 Å². The lowest BCUT2D eigenvalue weighted by Crippen LogP contribution is -2.40. The quantitative estimate of drug-likeness (QED) is 0.828. The van der Waals surface area contributed by atoms with Crippen LogP contribution in [0.25, 0.3) is 0 Å². The molecule has 1 amide bonds. The van der Waals surface area contributed by atoms with Gasteiger partial charge in [0.1, 0.15) is 5.75 Å². The fourth-order valence-electron chi connectivity index (χ4n) is 2.26. The van der Waals surface area contributed by atoms with Gasteiger partial charge in [-0.15, -0.1) is 0 Å². The van der Waals surface area contributed by atoms with E-state index in [4.69, 9.17) is 0 Å². The summed E-state index contributed by atoms with van der Waals surface area (Å²) < 4.78 is 0. The Balaban J connectivity index is 2.87. The summed E-state index contributed by atoms with van der Waals surface area (Å²) in [6, 6.07) is 7.05. The van der Waals surface area contributed by atoms with E-state index in [2.05, 4.69) is 5.32 Å². The minimum Gasteiger partial charge on any atom is -0.508 e. The van der Waals surface area contributed by atoms with E-state index in [1.165, 1.54) is 0 Å². The molecule has 2 N–H and O–H groups in total. The van der Waals surface area contributed by atoms with E-state index in [0.29, 0.717) is 13.1 Å². The van der Waals surface area contributed by atoms with Gasteiger partial charge in [-0.1, -0.05) is 19.1 Å². The molecule has 106 valence electrons. The Labute approximate surface area is 115 Å². The van der Waals surface area contributed by atoms with Gasteiger partial charge in [0.25, 0.3) is 0 Å². The topological polar surface area (TPSA) is 52.6 Å². The Morgan fingerprint density at radius 2 is 2.11 bits per heavy atom. The number of phenolic OH excluding ortho intramolecular Hbond substituents is 1. The molecule has 0 heterocycles. The molecular weight excluding hydrogens is 240 g/mol. The third-order valence-electron chi connectivity index (χ3n) is 3.38. The number of nitrogens with one attached hydrogen (secondary N) is 1. The van der Waals surface area contributed by atoms with Gasteiger partial charge in [-0.05, 0) is 38.6 Å². The second-order valence-corrected chi connectivity index (χ2v) is 4.85. The summed E-state index contributed by atoms with van der Waals surface area (Å²) in [7, 11) is 1.85. The number of aromatic hydroxyl groups is 1. The molecule has 4 heteroatoms. The molecule has 0 saturated carbocycles. The lowest BCUT2D eigenvalue weighted by atomic mass is 10.0. The molecule has 0 aliphatic carbocycles. The highest BCUT2D eigenvalue weighted by atomic mass is 16.3. The van der Waals surface area contributed by atoms with Gasteiger partial charge in [-0.25, -0.2) is 0 Å². The van der Waals surface area contributed by atoms with Crippen molar-refractivity contribution in [1.82, 2.24) is 10.2 Å². The van der Waals surface area contributed by atoms with Crippen molar-refractivity contribution in [2.45, 2.75) is 26.8 Å². The summed E-state index contributed by atoms with van der Waals surface area (Å²) in [5, 5.41) is 12.6. The Bertz CT molecular complexity index is 420. The van der Waals surface area contributed by atoms with Gasteiger partial charge in [-0.3, -0.25) is 4.79 Å². The van der Waals surface area contributed by atoms with Crippen LogP contribution in [-0.2, 0) is 4.79 Å². The first kappa shape index (κ1) is 15.5. The molecule has 1 aromatic rings. The van der Waals surface area contributed by atoms with E-state index in [1.54, 1.807) is 18.2 Å². The maximum Gasteiger partial charge on any atom is 0.227 e. The average Bonchev–Trinajstić information content (AvgIpc) is 2.39.